The summed E-state index contributed by atoms with van der Waals surface area (Å²) in [4.78, 5) is 19.5. The lowest BCUT2D eigenvalue weighted by atomic mass is 10.1. The van der Waals surface area contributed by atoms with Gasteiger partial charge in [0, 0.05) is 62.4 Å². The molecule has 5 heterocycles. The molecule has 5 nitrogen and oxygen atoms in total. The second-order valence-corrected chi connectivity index (χ2v) is 9.99. The quantitative estimate of drug-likeness (QED) is 0.765. The fourth-order valence-electron chi connectivity index (χ4n) is 4.46. The molecule has 0 N–H and O–H groups in total. The van der Waals surface area contributed by atoms with E-state index in [9.17, 15) is 4.79 Å². The van der Waals surface area contributed by atoms with Gasteiger partial charge in [-0.3, -0.25) is 9.69 Å². The first-order valence-electron chi connectivity index (χ1n) is 10.3. The Kier molecular flexibility index (Phi) is 5.50. The molecule has 1 atom stereocenters. The van der Waals surface area contributed by atoms with Gasteiger partial charge in [0.05, 0.1) is 11.7 Å². The molecule has 0 aromatic carbocycles. The SMILES string of the molecule is O=C(c1c(-n2cccc2)sc2c1CCSC2)N1CCN(CC2CCCO2)CC1. The van der Waals surface area contributed by atoms with Crippen molar-refractivity contribution in [2.45, 2.75) is 31.1 Å². The Balaban J connectivity index is 1.33. The summed E-state index contributed by atoms with van der Waals surface area (Å²) in [5, 5.41) is 1.10. The zero-order valence-corrected chi connectivity index (χ0v) is 17.8. The third-order valence-electron chi connectivity index (χ3n) is 6.00. The molecule has 7 heteroatoms. The normalized spacial score (nSPS) is 23.1. The minimum absolute atomic E-state index is 0.227. The van der Waals surface area contributed by atoms with Crippen molar-refractivity contribution in [1.29, 1.82) is 0 Å². The summed E-state index contributed by atoms with van der Waals surface area (Å²) in [7, 11) is 0. The van der Waals surface area contributed by atoms with Crippen LogP contribution in [0.2, 0.25) is 0 Å². The number of fused-ring (bicyclic) bond motifs is 1. The van der Waals surface area contributed by atoms with E-state index in [-0.39, 0.29) is 5.91 Å². The van der Waals surface area contributed by atoms with Gasteiger partial charge >= 0.3 is 0 Å². The summed E-state index contributed by atoms with van der Waals surface area (Å²) in [6, 6.07) is 4.07. The van der Waals surface area contributed by atoms with Crippen LogP contribution in [0, 0.1) is 0 Å². The highest BCUT2D eigenvalue weighted by Gasteiger charge is 2.31. The van der Waals surface area contributed by atoms with E-state index in [0.717, 1.165) is 67.8 Å². The van der Waals surface area contributed by atoms with Crippen molar-refractivity contribution >= 4 is 29.0 Å². The van der Waals surface area contributed by atoms with Gasteiger partial charge in [0.2, 0.25) is 0 Å². The number of hydrogen-bond acceptors (Lipinski definition) is 5. The van der Waals surface area contributed by atoms with E-state index >= 15 is 0 Å². The smallest absolute Gasteiger partial charge is 0.257 e. The van der Waals surface area contributed by atoms with Gasteiger partial charge in [-0.05, 0) is 42.7 Å². The summed E-state index contributed by atoms with van der Waals surface area (Å²) in [5.41, 5.74) is 2.27. The maximum atomic E-state index is 13.6. The van der Waals surface area contributed by atoms with Crippen LogP contribution in [0.15, 0.2) is 24.5 Å². The van der Waals surface area contributed by atoms with Crippen LogP contribution >= 0.6 is 23.1 Å². The molecule has 28 heavy (non-hydrogen) atoms. The monoisotopic (exact) mass is 417 g/mol. The van der Waals surface area contributed by atoms with Gasteiger partial charge in [-0.15, -0.1) is 11.3 Å². The molecule has 0 radical (unpaired) electrons. The second kappa shape index (κ2) is 8.22. The molecular formula is C21H27N3O2S2. The van der Waals surface area contributed by atoms with Crippen molar-refractivity contribution in [2.75, 3.05) is 45.1 Å². The molecule has 1 unspecified atom stereocenters. The topological polar surface area (TPSA) is 37.7 Å². The Hall–Kier alpha value is -1.28. The number of rotatable bonds is 4. The predicted octanol–water partition coefficient (Wildman–Crippen LogP) is 3.26. The van der Waals surface area contributed by atoms with Gasteiger partial charge in [0.1, 0.15) is 5.00 Å². The Morgan fingerprint density at radius 1 is 1.18 bits per heavy atom. The number of carbonyl (C=O) groups is 1. The maximum Gasteiger partial charge on any atom is 0.257 e. The first kappa shape index (κ1) is 18.7. The maximum absolute atomic E-state index is 13.6. The summed E-state index contributed by atoms with van der Waals surface area (Å²) >= 11 is 3.78. The average molecular weight is 418 g/mol. The summed E-state index contributed by atoms with van der Waals surface area (Å²) in [6.45, 7) is 5.46. The molecule has 0 spiro atoms. The summed E-state index contributed by atoms with van der Waals surface area (Å²) in [5.74, 6) is 2.38. The van der Waals surface area contributed by atoms with E-state index in [4.69, 9.17) is 4.74 Å². The zero-order valence-electron chi connectivity index (χ0n) is 16.1. The lowest BCUT2D eigenvalue weighted by Crippen LogP contribution is -2.50. The molecule has 0 bridgehead atoms. The van der Waals surface area contributed by atoms with Gasteiger partial charge in [0.15, 0.2) is 0 Å². The summed E-state index contributed by atoms with van der Waals surface area (Å²) in [6.07, 6.45) is 7.88. The third kappa shape index (κ3) is 3.65. The molecule has 3 aliphatic rings. The van der Waals surface area contributed by atoms with Crippen LogP contribution in [0.1, 0.15) is 33.6 Å². The molecule has 0 saturated carbocycles. The molecule has 5 rings (SSSR count). The third-order valence-corrected chi connectivity index (χ3v) is 8.41. The predicted molar refractivity (Wildman–Crippen MR) is 115 cm³/mol. The Morgan fingerprint density at radius 2 is 2.00 bits per heavy atom. The number of carbonyl (C=O) groups excluding carboxylic acids is 1. The molecule has 2 saturated heterocycles. The van der Waals surface area contributed by atoms with Crippen LogP contribution in [0.4, 0.5) is 0 Å². The molecule has 1 amide bonds. The van der Waals surface area contributed by atoms with Gasteiger partial charge in [-0.2, -0.15) is 11.8 Å². The zero-order chi connectivity index (χ0) is 18.9. The molecule has 2 aromatic heterocycles. The number of thiophene rings is 1. The van der Waals surface area contributed by atoms with Crippen molar-refractivity contribution in [3.05, 3.63) is 40.5 Å². The Bertz CT molecular complexity index is 819. The fraction of sp³-hybridized carbons (Fsp3) is 0.571. The molecule has 2 fully saturated rings. The number of piperazine rings is 1. The van der Waals surface area contributed by atoms with Crippen LogP contribution in [0.25, 0.3) is 5.00 Å². The number of ether oxygens (including phenoxy) is 1. The standard InChI is InChI=1S/C21H27N3O2S2/c25-20(23-10-8-22(9-11-23)14-16-4-3-12-26-16)19-17-5-13-27-15-18(17)28-21(19)24-6-1-2-7-24/h1-2,6-7,16H,3-5,8-15H2. The number of thioether (sulfide) groups is 1. The van der Waals surface area contributed by atoms with Crippen molar-refractivity contribution in [3.8, 4) is 5.00 Å². The minimum Gasteiger partial charge on any atom is -0.377 e. The van der Waals surface area contributed by atoms with E-state index in [0.29, 0.717) is 6.10 Å². The molecule has 2 aromatic rings. The van der Waals surface area contributed by atoms with Crippen molar-refractivity contribution < 1.29 is 9.53 Å². The molecule has 0 aliphatic carbocycles. The average Bonchev–Trinajstić information content (AvgIpc) is 3.48. The first-order valence-corrected chi connectivity index (χ1v) is 12.3. The highest BCUT2D eigenvalue weighted by atomic mass is 32.2. The van der Waals surface area contributed by atoms with Crippen LogP contribution < -0.4 is 0 Å². The number of hydrogen-bond donors (Lipinski definition) is 0. The molecule has 3 aliphatic heterocycles. The molecule has 150 valence electrons. The highest BCUT2D eigenvalue weighted by Crippen LogP contribution is 2.39. The van der Waals surface area contributed by atoms with Crippen molar-refractivity contribution in [1.82, 2.24) is 14.4 Å². The summed E-state index contributed by atoms with van der Waals surface area (Å²) < 4.78 is 7.90. The van der Waals surface area contributed by atoms with E-state index in [1.165, 1.54) is 23.3 Å². The van der Waals surface area contributed by atoms with Crippen LogP contribution in [0.3, 0.4) is 0 Å². The van der Waals surface area contributed by atoms with E-state index in [1.54, 1.807) is 11.3 Å². The van der Waals surface area contributed by atoms with Gasteiger partial charge in [0.25, 0.3) is 5.91 Å². The number of aromatic nitrogens is 1. The largest absolute Gasteiger partial charge is 0.377 e. The number of amides is 1. The van der Waals surface area contributed by atoms with Crippen LogP contribution in [-0.4, -0.2) is 71.5 Å². The minimum atomic E-state index is 0.227. The van der Waals surface area contributed by atoms with E-state index < -0.39 is 0 Å². The van der Waals surface area contributed by atoms with Crippen LogP contribution in [-0.2, 0) is 16.9 Å². The second-order valence-electron chi connectivity index (χ2n) is 7.80. The number of nitrogens with zero attached hydrogens (tertiary/aromatic N) is 3. The van der Waals surface area contributed by atoms with Gasteiger partial charge in [-0.25, -0.2) is 0 Å². The lowest BCUT2D eigenvalue weighted by molar-refractivity contribution is 0.0432. The van der Waals surface area contributed by atoms with E-state index in [1.807, 2.05) is 23.9 Å². The fourth-order valence-corrected chi connectivity index (χ4v) is 6.90. The molecular weight excluding hydrogens is 390 g/mol. The van der Waals surface area contributed by atoms with Crippen molar-refractivity contribution in [2.24, 2.45) is 0 Å². The van der Waals surface area contributed by atoms with E-state index in [2.05, 4.69) is 26.8 Å². The lowest BCUT2D eigenvalue weighted by Gasteiger charge is -2.36. The van der Waals surface area contributed by atoms with Crippen molar-refractivity contribution in [3.63, 3.8) is 0 Å². The Morgan fingerprint density at radius 3 is 2.75 bits per heavy atom. The van der Waals surface area contributed by atoms with Crippen LogP contribution in [0.5, 0.6) is 0 Å². The van der Waals surface area contributed by atoms with Gasteiger partial charge in [-0.1, -0.05) is 0 Å². The highest BCUT2D eigenvalue weighted by molar-refractivity contribution is 7.98. The van der Waals surface area contributed by atoms with Gasteiger partial charge < -0.3 is 14.2 Å². The Labute approximate surface area is 174 Å². The first-order chi connectivity index (χ1) is 13.8.